The summed E-state index contributed by atoms with van der Waals surface area (Å²) < 4.78 is 24.9. The highest BCUT2D eigenvalue weighted by Crippen LogP contribution is 2.01. The summed E-state index contributed by atoms with van der Waals surface area (Å²) in [6.45, 7) is 3.48. The number of halogens is 1. The molecular weight excluding hydrogens is 126 g/mol. The molecule has 2 N–H and O–H groups in total. The van der Waals surface area contributed by atoms with Crippen LogP contribution in [0.2, 0.25) is 0 Å². The van der Waals surface area contributed by atoms with E-state index in [1.165, 1.54) is 0 Å². The van der Waals surface area contributed by atoms with Crippen molar-refractivity contribution in [3.63, 3.8) is 0 Å². The summed E-state index contributed by atoms with van der Waals surface area (Å²) in [5.74, 6) is 0. The molecule has 0 unspecified atom stereocenters. The van der Waals surface area contributed by atoms with Crippen LogP contribution in [0.5, 0.6) is 0 Å². The number of hydrogen-bond donors (Lipinski definition) is 1. The minimum Gasteiger partial charge on any atom is -0.378 e. The predicted molar refractivity (Wildman–Crippen MR) is 37.4 cm³/mol. The second-order valence-electron chi connectivity index (χ2n) is 2.07. The fourth-order valence-electron chi connectivity index (χ4n) is 0.0417. The summed E-state index contributed by atoms with van der Waals surface area (Å²) in [5, 5.41) is 0. The number of ether oxygens (including phenoxy) is 1. The van der Waals surface area contributed by atoms with E-state index in [4.69, 9.17) is 9.85 Å². The van der Waals surface area contributed by atoms with Crippen LogP contribution in [-0.2, 0) is 4.74 Å². The van der Waals surface area contributed by atoms with E-state index in [1.807, 2.05) is 0 Å². The van der Waals surface area contributed by atoms with Crippen LogP contribution in [0.25, 0.3) is 0 Å². The molecular formula is C5H14ClNO. The van der Waals surface area contributed by atoms with Gasteiger partial charge < -0.3 is 10.5 Å². The Morgan fingerprint density at radius 3 is 2.38 bits per heavy atom. The molecule has 0 aromatic heterocycles. The van der Waals surface area contributed by atoms with Crippen molar-refractivity contribution in [3.05, 3.63) is 0 Å². The minimum atomic E-state index is -2.34. The largest absolute Gasteiger partial charge is 0.378 e. The van der Waals surface area contributed by atoms with Crippen molar-refractivity contribution in [2.45, 2.75) is 19.4 Å². The normalized spacial score (nSPS) is 17.6. The smallest absolute Gasteiger partial charge is 0.0744 e. The first-order valence-corrected chi connectivity index (χ1v) is 2.17. The van der Waals surface area contributed by atoms with Crippen LogP contribution in [0.1, 0.15) is 18.0 Å². The number of rotatable bonds is 2. The standard InChI is InChI=1S/C5H13NO.ClH/c1-5(2,4-6)7-3;/h4,6H2,1-3H3;1H/i3D3;. The lowest BCUT2D eigenvalue weighted by Crippen LogP contribution is -2.32. The summed E-state index contributed by atoms with van der Waals surface area (Å²) in [6, 6.07) is 0. The Morgan fingerprint density at radius 1 is 1.75 bits per heavy atom. The first-order valence-electron chi connectivity index (χ1n) is 3.67. The first kappa shape index (κ1) is 5.03. The maximum Gasteiger partial charge on any atom is 0.0744 e. The van der Waals surface area contributed by atoms with Gasteiger partial charge in [-0.15, -0.1) is 12.4 Å². The third kappa shape index (κ3) is 4.37. The molecule has 0 aromatic carbocycles. The third-order valence-electron chi connectivity index (χ3n) is 0.768. The molecule has 0 radical (unpaired) electrons. The van der Waals surface area contributed by atoms with Gasteiger partial charge in [0, 0.05) is 13.6 Å². The van der Waals surface area contributed by atoms with E-state index in [9.17, 15) is 0 Å². The van der Waals surface area contributed by atoms with Gasteiger partial charge in [-0.25, -0.2) is 0 Å². The molecule has 0 saturated heterocycles. The Labute approximate surface area is 61.0 Å². The highest BCUT2D eigenvalue weighted by molar-refractivity contribution is 5.85. The van der Waals surface area contributed by atoms with Crippen molar-refractivity contribution in [2.75, 3.05) is 13.6 Å². The van der Waals surface area contributed by atoms with Gasteiger partial charge in [0.05, 0.1) is 9.71 Å². The van der Waals surface area contributed by atoms with Crippen molar-refractivity contribution < 1.29 is 8.85 Å². The van der Waals surface area contributed by atoms with Crippen LogP contribution >= 0.6 is 12.4 Å². The van der Waals surface area contributed by atoms with Gasteiger partial charge in [-0.3, -0.25) is 0 Å². The molecule has 0 aliphatic heterocycles. The van der Waals surface area contributed by atoms with Crippen molar-refractivity contribution in [2.24, 2.45) is 5.73 Å². The van der Waals surface area contributed by atoms with E-state index in [0.29, 0.717) is 0 Å². The summed E-state index contributed by atoms with van der Waals surface area (Å²) in [7, 11) is -2.34. The fourth-order valence-corrected chi connectivity index (χ4v) is 0.0417. The molecule has 0 atom stereocenters. The highest BCUT2D eigenvalue weighted by atomic mass is 35.5. The van der Waals surface area contributed by atoms with Crippen LogP contribution < -0.4 is 5.73 Å². The van der Waals surface area contributed by atoms with E-state index < -0.39 is 12.6 Å². The summed E-state index contributed by atoms with van der Waals surface area (Å²) >= 11 is 0. The maximum absolute atomic E-state index is 6.75. The van der Waals surface area contributed by atoms with Crippen LogP contribution in [-0.4, -0.2) is 19.2 Å². The molecule has 0 saturated carbocycles. The summed E-state index contributed by atoms with van der Waals surface area (Å²) in [5.41, 5.74) is 4.48. The Balaban J connectivity index is 0. The first-order chi connectivity index (χ1) is 4.27. The molecule has 8 heavy (non-hydrogen) atoms. The molecule has 0 amide bonds. The van der Waals surface area contributed by atoms with Gasteiger partial charge in [0.25, 0.3) is 0 Å². The lowest BCUT2D eigenvalue weighted by atomic mass is 10.1. The van der Waals surface area contributed by atoms with Crippen molar-refractivity contribution in [3.8, 4) is 0 Å². The molecule has 0 aliphatic carbocycles. The third-order valence-corrected chi connectivity index (χ3v) is 0.768. The van der Waals surface area contributed by atoms with Crippen LogP contribution in [0, 0.1) is 0 Å². The van der Waals surface area contributed by atoms with Gasteiger partial charge in [-0.05, 0) is 13.8 Å². The molecule has 0 bridgehead atoms. The zero-order valence-electron chi connectivity index (χ0n) is 8.10. The Kier molecular flexibility index (Phi) is 2.59. The summed E-state index contributed by atoms with van der Waals surface area (Å²) in [6.07, 6.45) is 0. The molecule has 0 rings (SSSR count). The van der Waals surface area contributed by atoms with E-state index in [-0.39, 0.29) is 19.0 Å². The Morgan fingerprint density at radius 2 is 2.25 bits per heavy atom. The van der Waals surface area contributed by atoms with Crippen molar-refractivity contribution in [1.29, 1.82) is 0 Å². The lowest BCUT2D eigenvalue weighted by Gasteiger charge is -2.19. The van der Waals surface area contributed by atoms with Gasteiger partial charge in [0.1, 0.15) is 0 Å². The monoisotopic (exact) mass is 142 g/mol. The highest BCUT2D eigenvalue weighted by Gasteiger charge is 2.11. The van der Waals surface area contributed by atoms with E-state index >= 15 is 0 Å². The maximum atomic E-state index is 6.75. The second kappa shape index (κ2) is 4.13. The minimum absolute atomic E-state index is 0. The molecule has 52 valence electrons. The zero-order chi connectivity index (χ0) is 8.41. The van der Waals surface area contributed by atoms with Gasteiger partial charge >= 0.3 is 0 Å². The Hall–Kier alpha value is 0.210. The van der Waals surface area contributed by atoms with Gasteiger partial charge in [-0.2, -0.15) is 0 Å². The van der Waals surface area contributed by atoms with E-state index in [2.05, 4.69) is 4.74 Å². The van der Waals surface area contributed by atoms with Gasteiger partial charge in [-0.1, -0.05) is 0 Å². The average molecular weight is 143 g/mol. The predicted octanol–water partition coefficient (Wildman–Crippen LogP) is 0.792. The quantitative estimate of drug-likeness (QED) is 0.619. The Bertz CT molecular complexity index is 115. The molecule has 2 nitrogen and oxygen atoms in total. The molecule has 0 spiro atoms. The van der Waals surface area contributed by atoms with Crippen LogP contribution in [0.4, 0.5) is 0 Å². The molecule has 0 aliphatic rings. The van der Waals surface area contributed by atoms with Gasteiger partial charge in [0.15, 0.2) is 0 Å². The topological polar surface area (TPSA) is 35.2 Å². The molecule has 0 heterocycles. The van der Waals surface area contributed by atoms with Gasteiger partial charge in [0.2, 0.25) is 0 Å². The fraction of sp³-hybridized carbons (Fsp3) is 1.00. The second-order valence-corrected chi connectivity index (χ2v) is 2.07. The number of hydrogen-bond acceptors (Lipinski definition) is 2. The van der Waals surface area contributed by atoms with Crippen molar-refractivity contribution >= 4 is 12.4 Å². The molecule has 3 heteroatoms. The average Bonchev–Trinajstić information content (AvgIpc) is 1.60. The SMILES string of the molecule is Cl.[2H]C([2H])([2H])OC(C)(C)CN. The van der Waals surface area contributed by atoms with Crippen molar-refractivity contribution in [1.82, 2.24) is 0 Å². The summed E-state index contributed by atoms with van der Waals surface area (Å²) in [4.78, 5) is 0. The van der Waals surface area contributed by atoms with E-state index in [1.54, 1.807) is 13.8 Å². The molecule has 0 aromatic rings. The van der Waals surface area contributed by atoms with Crippen LogP contribution in [0.15, 0.2) is 0 Å². The van der Waals surface area contributed by atoms with Crippen LogP contribution in [0.3, 0.4) is 0 Å². The number of methoxy groups -OCH3 is 1. The lowest BCUT2D eigenvalue weighted by molar-refractivity contribution is 0.0307. The van der Waals surface area contributed by atoms with E-state index in [0.717, 1.165) is 0 Å². The molecule has 0 fully saturated rings. The number of nitrogens with two attached hydrogens (primary N) is 1. The zero-order valence-corrected chi connectivity index (χ0v) is 5.92.